The maximum absolute atomic E-state index is 11.1. The molecule has 0 fully saturated rings. The van der Waals surface area contributed by atoms with Crippen molar-refractivity contribution in [2.45, 2.75) is 39.3 Å². The van der Waals surface area contributed by atoms with Gasteiger partial charge in [-0.05, 0) is 11.8 Å². The van der Waals surface area contributed by atoms with Gasteiger partial charge in [-0.15, -0.1) is 0 Å². The molecule has 20 heavy (non-hydrogen) atoms. The van der Waals surface area contributed by atoms with Crippen molar-refractivity contribution in [2.24, 2.45) is 11.1 Å². The molecule has 0 aliphatic rings. The molecule has 0 saturated heterocycles. The Morgan fingerprint density at radius 1 is 1.40 bits per heavy atom. The van der Waals surface area contributed by atoms with Crippen molar-refractivity contribution in [3.05, 3.63) is 11.7 Å². The molecule has 1 aromatic rings. The molecule has 0 amide bonds. The first kappa shape index (κ1) is 17.1. The van der Waals surface area contributed by atoms with Gasteiger partial charge in [0.05, 0.1) is 11.8 Å². The molecule has 0 radical (unpaired) electrons. The molecule has 1 rings (SSSR count). The molecule has 1 aromatic heterocycles. The molecule has 0 saturated carbocycles. The summed E-state index contributed by atoms with van der Waals surface area (Å²) < 4.78 is 32.7. The lowest BCUT2D eigenvalue weighted by Crippen LogP contribution is -2.21. The van der Waals surface area contributed by atoms with Crippen molar-refractivity contribution in [3.63, 3.8) is 0 Å². The van der Waals surface area contributed by atoms with Crippen LogP contribution in [0.1, 0.15) is 51.1 Å². The standard InChI is InChI=1S/C12H23N3O4S/c1-12(2,3)9(18-4)10-14-11(19-15-10)8(13)6-7-20(5,16)17/h8-9H,6-7,13H2,1-5H3. The number of aromatic nitrogens is 2. The van der Waals surface area contributed by atoms with E-state index in [9.17, 15) is 8.42 Å². The Bertz CT molecular complexity index is 533. The molecule has 0 aliphatic carbocycles. The maximum Gasteiger partial charge on any atom is 0.243 e. The first-order valence-electron chi connectivity index (χ1n) is 6.34. The molecule has 2 unspecified atom stereocenters. The van der Waals surface area contributed by atoms with Gasteiger partial charge in [0.25, 0.3) is 0 Å². The molecular formula is C12H23N3O4S. The van der Waals surface area contributed by atoms with Crippen LogP contribution in [0, 0.1) is 5.41 Å². The van der Waals surface area contributed by atoms with Crippen molar-refractivity contribution >= 4 is 9.84 Å². The van der Waals surface area contributed by atoms with Gasteiger partial charge in [-0.1, -0.05) is 25.9 Å². The third-order valence-electron chi connectivity index (χ3n) is 2.83. The zero-order chi connectivity index (χ0) is 15.6. The highest BCUT2D eigenvalue weighted by molar-refractivity contribution is 7.90. The minimum absolute atomic E-state index is 0.0150. The topological polar surface area (TPSA) is 108 Å². The van der Waals surface area contributed by atoms with Crippen molar-refractivity contribution in [3.8, 4) is 0 Å². The SMILES string of the molecule is COC(c1noc(C(N)CCS(C)(=O)=O)n1)C(C)(C)C. The van der Waals surface area contributed by atoms with E-state index in [4.69, 9.17) is 15.0 Å². The number of nitrogens with two attached hydrogens (primary N) is 1. The number of nitrogens with zero attached hydrogens (tertiary/aromatic N) is 2. The molecule has 2 N–H and O–H groups in total. The lowest BCUT2D eigenvalue weighted by molar-refractivity contribution is 0.00718. The number of ether oxygens (including phenoxy) is 1. The Kier molecular flexibility index (Phi) is 5.28. The molecule has 2 atom stereocenters. The maximum atomic E-state index is 11.1. The summed E-state index contributed by atoms with van der Waals surface area (Å²) in [5.74, 6) is 0.638. The summed E-state index contributed by atoms with van der Waals surface area (Å²) in [5.41, 5.74) is 5.68. The molecule has 0 spiro atoms. The molecule has 0 aromatic carbocycles. The van der Waals surface area contributed by atoms with Crippen LogP contribution in [-0.2, 0) is 14.6 Å². The van der Waals surface area contributed by atoms with Crippen LogP contribution in [0.25, 0.3) is 0 Å². The molecule has 116 valence electrons. The van der Waals surface area contributed by atoms with Gasteiger partial charge in [0, 0.05) is 13.4 Å². The molecule has 0 bridgehead atoms. The van der Waals surface area contributed by atoms with E-state index in [2.05, 4.69) is 10.1 Å². The van der Waals surface area contributed by atoms with Crippen LogP contribution in [0.3, 0.4) is 0 Å². The van der Waals surface area contributed by atoms with Gasteiger partial charge in [-0.2, -0.15) is 4.98 Å². The van der Waals surface area contributed by atoms with Crippen LogP contribution < -0.4 is 5.73 Å². The summed E-state index contributed by atoms with van der Waals surface area (Å²) >= 11 is 0. The largest absolute Gasteiger partial charge is 0.373 e. The normalized spacial score (nSPS) is 16.1. The van der Waals surface area contributed by atoms with Gasteiger partial charge >= 0.3 is 0 Å². The Morgan fingerprint density at radius 2 is 2.00 bits per heavy atom. The highest BCUT2D eigenvalue weighted by Gasteiger charge is 2.31. The monoisotopic (exact) mass is 305 g/mol. The van der Waals surface area contributed by atoms with E-state index in [0.717, 1.165) is 0 Å². The molecular weight excluding hydrogens is 282 g/mol. The van der Waals surface area contributed by atoms with Crippen molar-refractivity contribution < 1.29 is 17.7 Å². The average Bonchev–Trinajstić information content (AvgIpc) is 2.73. The van der Waals surface area contributed by atoms with Gasteiger partial charge in [0.15, 0.2) is 0 Å². The molecule has 7 nitrogen and oxygen atoms in total. The number of rotatable bonds is 6. The lowest BCUT2D eigenvalue weighted by Gasteiger charge is -2.26. The summed E-state index contributed by atoms with van der Waals surface area (Å²) in [6.07, 6.45) is 1.09. The number of hydrogen-bond acceptors (Lipinski definition) is 7. The van der Waals surface area contributed by atoms with Gasteiger partial charge in [-0.25, -0.2) is 8.42 Å². The smallest absolute Gasteiger partial charge is 0.243 e. The minimum atomic E-state index is -3.06. The fourth-order valence-corrected chi connectivity index (χ4v) is 2.50. The summed E-state index contributed by atoms with van der Waals surface area (Å²) in [7, 11) is -1.48. The average molecular weight is 305 g/mol. The quantitative estimate of drug-likeness (QED) is 0.842. The second kappa shape index (κ2) is 6.19. The highest BCUT2D eigenvalue weighted by Crippen LogP contribution is 2.34. The number of sulfone groups is 1. The Hall–Kier alpha value is -0.990. The molecule has 0 aliphatic heterocycles. The summed E-state index contributed by atoms with van der Waals surface area (Å²) in [5, 5.41) is 3.88. The zero-order valence-corrected chi connectivity index (χ0v) is 13.4. The molecule has 8 heteroatoms. The predicted octanol–water partition coefficient (Wildman–Crippen LogP) is 1.24. The van der Waals surface area contributed by atoms with Crippen LogP contribution >= 0.6 is 0 Å². The van der Waals surface area contributed by atoms with Gasteiger partial charge in [0.1, 0.15) is 15.9 Å². The fraction of sp³-hybridized carbons (Fsp3) is 0.833. The predicted molar refractivity (Wildman–Crippen MR) is 74.8 cm³/mol. The van der Waals surface area contributed by atoms with E-state index in [1.54, 1.807) is 7.11 Å². The number of hydrogen-bond donors (Lipinski definition) is 1. The van der Waals surface area contributed by atoms with Gasteiger partial charge in [-0.3, -0.25) is 0 Å². The van der Waals surface area contributed by atoms with E-state index in [-0.39, 0.29) is 29.6 Å². The van der Waals surface area contributed by atoms with Crippen LogP contribution in [0.5, 0.6) is 0 Å². The van der Waals surface area contributed by atoms with E-state index >= 15 is 0 Å². The van der Waals surface area contributed by atoms with E-state index in [0.29, 0.717) is 5.82 Å². The Morgan fingerprint density at radius 3 is 2.45 bits per heavy atom. The second-order valence-electron chi connectivity index (χ2n) is 6.00. The zero-order valence-electron chi connectivity index (χ0n) is 12.6. The van der Waals surface area contributed by atoms with Crippen molar-refractivity contribution in [2.75, 3.05) is 19.1 Å². The minimum Gasteiger partial charge on any atom is -0.373 e. The summed E-state index contributed by atoms with van der Waals surface area (Å²) in [6.45, 7) is 6.00. The highest BCUT2D eigenvalue weighted by atomic mass is 32.2. The van der Waals surface area contributed by atoms with Crippen LogP contribution in [0.4, 0.5) is 0 Å². The van der Waals surface area contributed by atoms with Crippen LogP contribution in [0.15, 0.2) is 4.52 Å². The van der Waals surface area contributed by atoms with Gasteiger partial charge < -0.3 is 15.0 Å². The van der Waals surface area contributed by atoms with Crippen LogP contribution in [0.2, 0.25) is 0 Å². The number of methoxy groups -OCH3 is 1. The van der Waals surface area contributed by atoms with Gasteiger partial charge in [0.2, 0.25) is 11.7 Å². The lowest BCUT2D eigenvalue weighted by atomic mass is 9.88. The Balaban J connectivity index is 2.81. The third-order valence-corrected chi connectivity index (χ3v) is 3.81. The Labute approximate surface area is 119 Å². The van der Waals surface area contributed by atoms with Crippen LogP contribution in [-0.4, -0.2) is 37.7 Å². The van der Waals surface area contributed by atoms with Crippen molar-refractivity contribution in [1.29, 1.82) is 0 Å². The first-order valence-corrected chi connectivity index (χ1v) is 8.40. The van der Waals surface area contributed by atoms with E-state index < -0.39 is 15.9 Å². The second-order valence-corrected chi connectivity index (χ2v) is 8.26. The fourth-order valence-electron chi connectivity index (χ4n) is 1.82. The molecule has 1 heterocycles. The first-order chi connectivity index (χ1) is 9.04. The van der Waals surface area contributed by atoms with E-state index in [1.807, 2.05) is 20.8 Å². The summed E-state index contributed by atoms with van der Waals surface area (Å²) in [6, 6.07) is -0.594. The third kappa shape index (κ3) is 4.84. The summed E-state index contributed by atoms with van der Waals surface area (Å²) in [4.78, 5) is 4.23. The van der Waals surface area contributed by atoms with Crippen molar-refractivity contribution in [1.82, 2.24) is 10.1 Å². The van der Waals surface area contributed by atoms with E-state index in [1.165, 1.54) is 6.26 Å².